The molecule has 0 spiro atoms. The Balaban J connectivity index is 2.47. The summed E-state index contributed by atoms with van der Waals surface area (Å²) in [7, 11) is -3.25. The van der Waals surface area contributed by atoms with Gasteiger partial charge in [-0.15, -0.1) is 6.42 Å². The summed E-state index contributed by atoms with van der Waals surface area (Å²) in [4.78, 5) is 0. The second kappa shape index (κ2) is 7.00. The predicted molar refractivity (Wildman–Crippen MR) is 70.0 cm³/mol. The van der Waals surface area contributed by atoms with Gasteiger partial charge in [-0.1, -0.05) is 19.3 Å². The topological polar surface area (TPSA) is 58.2 Å². The molecule has 0 aliphatic carbocycles. The summed E-state index contributed by atoms with van der Waals surface area (Å²) in [6.45, 7) is 3.77. The zero-order valence-corrected chi connectivity index (χ0v) is 11.2. The molecule has 4 nitrogen and oxygen atoms in total. The molecule has 1 saturated heterocycles. The van der Waals surface area contributed by atoms with E-state index in [2.05, 4.69) is 16.0 Å². The van der Waals surface area contributed by atoms with Crippen LogP contribution in [0.5, 0.6) is 0 Å². The Morgan fingerprint density at radius 3 is 2.88 bits per heavy atom. The number of hydrogen-bond donors (Lipinski definition) is 2. The lowest BCUT2D eigenvalue weighted by atomic mass is 10.0. The first-order valence-electron chi connectivity index (χ1n) is 6.24. The second-order valence-corrected chi connectivity index (χ2v) is 6.42. The SMILES string of the molecule is C#CC(CCC)NS(=O)(=O)CC1CCCNC1. The Bertz CT molecular complexity index is 353. The normalized spacial score (nSPS) is 22.9. The molecule has 98 valence electrons. The molecule has 1 aliphatic rings. The number of sulfonamides is 1. The van der Waals surface area contributed by atoms with Gasteiger partial charge in [0.15, 0.2) is 0 Å². The quantitative estimate of drug-likeness (QED) is 0.690. The van der Waals surface area contributed by atoms with E-state index in [1.54, 1.807) is 0 Å². The molecule has 2 N–H and O–H groups in total. The average molecular weight is 258 g/mol. The fourth-order valence-corrected chi connectivity index (χ4v) is 3.73. The van der Waals surface area contributed by atoms with Gasteiger partial charge in [0.05, 0.1) is 11.8 Å². The minimum Gasteiger partial charge on any atom is -0.316 e. The van der Waals surface area contributed by atoms with Crippen molar-refractivity contribution in [2.45, 2.75) is 38.6 Å². The van der Waals surface area contributed by atoms with Gasteiger partial charge in [0.25, 0.3) is 0 Å². The summed E-state index contributed by atoms with van der Waals surface area (Å²) in [5, 5.41) is 3.22. The molecule has 1 rings (SSSR count). The molecule has 0 saturated carbocycles. The van der Waals surface area contributed by atoms with E-state index in [-0.39, 0.29) is 17.7 Å². The number of piperidine rings is 1. The van der Waals surface area contributed by atoms with E-state index in [1.165, 1.54) is 0 Å². The summed E-state index contributed by atoms with van der Waals surface area (Å²) in [6.07, 6.45) is 8.90. The molecule has 1 aliphatic heterocycles. The van der Waals surface area contributed by atoms with E-state index in [4.69, 9.17) is 6.42 Å². The second-order valence-electron chi connectivity index (χ2n) is 4.62. The van der Waals surface area contributed by atoms with Gasteiger partial charge >= 0.3 is 0 Å². The van der Waals surface area contributed by atoms with Crippen LogP contribution in [0.1, 0.15) is 32.6 Å². The Kier molecular flexibility index (Phi) is 5.96. The van der Waals surface area contributed by atoms with Crippen molar-refractivity contribution < 1.29 is 8.42 Å². The van der Waals surface area contributed by atoms with Gasteiger partial charge in [0.2, 0.25) is 10.0 Å². The average Bonchev–Trinajstić information content (AvgIpc) is 2.29. The molecule has 5 heteroatoms. The molecule has 0 radical (unpaired) electrons. The lowest BCUT2D eigenvalue weighted by molar-refractivity contribution is 0.402. The van der Waals surface area contributed by atoms with Crippen LogP contribution in [0.3, 0.4) is 0 Å². The summed E-state index contributed by atoms with van der Waals surface area (Å²) >= 11 is 0. The molecule has 2 unspecified atom stereocenters. The van der Waals surface area contributed by atoms with Crippen LogP contribution in [-0.4, -0.2) is 33.3 Å². The van der Waals surface area contributed by atoms with E-state index in [0.29, 0.717) is 6.42 Å². The summed E-state index contributed by atoms with van der Waals surface area (Å²) < 4.78 is 26.4. The number of rotatable bonds is 6. The van der Waals surface area contributed by atoms with Crippen molar-refractivity contribution in [2.24, 2.45) is 5.92 Å². The van der Waals surface area contributed by atoms with Crippen molar-refractivity contribution >= 4 is 10.0 Å². The smallest absolute Gasteiger partial charge is 0.213 e. The third-order valence-corrected chi connectivity index (χ3v) is 4.51. The monoisotopic (exact) mass is 258 g/mol. The van der Waals surface area contributed by atoms with Crippen LogP contribution in [0.4, 0.5) is 0 Å². The van der Waals surface area contributed by atoms with E-state index in [0.717, 1.165) is 32.4 Å². The molecule has 0 bridgehead atoms. The highest BCUT2D eigenvalue weighted by molar-refractivity contribution is 7.89. The summed E-state index contributed by atoms with van der Waals surface area (Å²) in [5.41, 5.74) is 0. The molecule has 0 amide bonds. The molecule has 1 heterocycles. The fraction of sp³-hybridized carbons (Fsp3) is 0.833. The molecule has 2 atom stereocenters. The molecular weight excluding hydrogens is 236 g/mol. The van der Waals surface area contributed by atoms with E-state index in [9.17, 15) is 8.42 Å². The van der Waals surface area contributed by atoms with Gasteiger partial charge in [-0.2, -0.15) is 0 Å². The maximum atomic E-state index is 11.9. The highest BCUT2D eigenvalue weighted by atomic mass is 32.2. The van der Waals surface area contributed by atoms with Gasteiger partial charge < -0.3 is 5.32 Å². The lowest BCUT2D eigenvalue weighted by Gasteiger charge is -2.23. The van der Waals surface area contributed by atoms with Crippen molar-refractivity contribution in [2.75, 3.05) is 18.8 Å². The van der Waals surface area contributed by atoms with E-state index < -0.39 is 10.0 Å². The molecule has 17 heavy (non-hydrogen) atoms. The van der Waals surface area contributed by atoms with Gasteiger partial charge in [-0.3, -0.25) is 0 Å². The standard InChI is InChI=1S/C12H22N2O2S/c1-3-6-12(4-2)14-17(15,16)10-11-7-5-8-13-9-11/h2,11-14H,3,5-10H2,1H3. The van der Waals surface area contributed by atoms with Crippen molar-refractivity contribution in [1.29, 1.82) is 0 Å². The van der Waals surface area contributed by atoms with Crippen LogP contribution in [0, 0.1) is 18.3 Å². The minimum atomic E-state index is -3.25. The number of nitrogens with one attached hydrogen (secondary N) is 2. The van der Waals surface area contributed by atoms with Gasteiger partial charge in [0.1, 0.15) is 0 Å². The minimum absolute atomic E-state index is 0.182. The zero-order valence-electron chi connectivity index (χ0n) is 10.4. The largest absolute Gasteiger partial charge is 0.316 e. The predicted octanol–water partition coefficient (Wildman–Crippen LogP) is 0.707. The van der Waals surface area contributed by atoms with E-state index >= 15 is 0 Å². The van der Waals surface area contributed by atoms with Crippen LogP contribution in [0.2, 0.25) is 0 Å². The van der Waals surface area contributed by atoms with Crippen molar-refractivity contribution in [3.05, 3.63) is 0 Å². The Hall–Kier alpha value is -0.570. The molecular formula is C12H22N2O2S. The first-order valence-corrected chi connectivity index (χ1v) is 7.89. The first-order chi connectivity index (χ1) is 8.07. The van der Waals surface area contributed by atoms with Gasteiger partial charge in [-0.05, 0) is 38.3 Å². The molecule has 0 aromatic carbocycles. The third-order valence-electron chi connectivity index (χ3n) is 2.95. The van der Waals surface area contributed by atoms with Crippen molar-refractivity contribution in [3.8, 4) is 12.3 Å². The van der Waals surface area contributed by atoms with E-state index in [1.807, 2.05) is 6.92 Å². The molecule has 1 fully saturated rings. The fourth-order valence-electron chi connectivity index (χ4n) is 2.11. The van der Waals surface area contributed by atoms with Gasteiger partial charge in [0, 0.05) is 0 Å². The highest BCUT2D eigenvalue weighted by Crippen LogP contribution is 2.12. The highest BCUT2D eigenvalue weighted by Gasteiger charge is 2.22. The Labute approximate surface area is 105 Å². The van der Waals surface area contributed by atoms with Crippen molar-refractivity contribution in [3.63, 3.8) is 0 Å². The van der Waals surface area contributed by atoms with Crippen LogP contribution >= 0.6 is 0 Å². The number of hydrogen-bond acceptors (Lipinski definition) is 3. The van der Waals surface area contributed by atoms with Crippen LogP contribution < -0.4 is 10.0 Å². The maximum absolute atomic E-state index is 11.9. The summed E-state index contributed by atoms with van der Waals surface area (Å²) in [5.74, 6) is 2.88. The maximum Gasteiger partial charge on any atom is 0.213 e. The Morgan fingerprint density at radius 1 is 1.59 bits per heavy atom. The van der Waals surface area contributed by atoms with Crippen molar-refractivity contribution in [1.82, 2.24) is 10.0 Å². The van der Waals surface area contributed by atoms with Crippen LogP contribution in [-0.2, 0) is 10.0 Å². The zero-order chi connectivity index (χ0) is 12.7. The first kappa shape index (κ1) is 14.5. The number of terminal acetylenes is 1. The summed E-state index contributed by atoms with van der Waals surface area (Å²) in [6, 6.07) is -0.360. The van der Waals surface area contributed by atoms with Crippen LogP contribution in [0.25, 0.3) is 0 Å². The van der Waals surface area contributed by atoms with Crippen LogP contribution in [0.15, 0.2) is 0 Å². The lowest BCUT2D eigenvalue weighted by Crippen LogP contribution is -2.40. The Morgan fingerprint density at radius 2 is 2.35 bits per heavy atom. The molecule has 0 aromatic heterocycles. The van der Waals surface area contributed by atoms with Gasteiger partial charge in [-0.25, -0.2) is 13.1 Å². The third kappa shape index (κ3) is 5.53. The molecule has 0 aromatic rings.